The number of aryl methyl sites for hydroxylation is 1. The minimum absolute atomic E-state index is 0.467. The van der Waals surface area contributed by atoms with E-state index in [1.54, 1.807) is 0 Å². The highest BCUT2D eigenvalue weighted by Gasteiger charge is 2.27. The molecule has 0 radical (unpaired) electrons. The fraction of sp³-hybridized carbons (Fsp3) is 0.692. The molecule has 0 amide bonds. The SMILES string of the molecule is CCOC(C)(C)c1nc(Cl)c2c(n1)CCCC2. The minimum atomic E-state index is -0.467. The quantitative estimate of drug-likeness (QED) is 0.777. The molecular weight excluding hydrogens is 236 g/mol. The summed E-state index contributed by atoms with van der Waals surface area (Å²) in [6.07, 6.45) is 4.38. The molecule has 0 N–H and O–H groups in total. The zero-order valence-electron chi connectivity index (χ0n) is 10.7. The molecule has 0 bridgehead atoms. The molecular formula is C13H19ClN2O. The second-order valence-electron chi connectivity index (χ2n) is 4.91. The number of hydrogen-bond acceptors (Lipinski definition) is 3. The first-order valence-electron chi connectivity index (χ1n) is 6.24. The smallest absolute Gasteiger partial charge is 0.161 e. The maximum Gasteiger partial charge on any atom is 0.161 e. The molecule has 0 saturated carbocycles. The Morgan fingerprint density at radius 1 is 1.24 bits per heavy atom. The van der Waals surface area contributed by atoms with Crippen molar-refractivity contribution >= 4 is 11.6 Å². The van der Waals surface area contributed by atoms with Crippen molar-refractivity contribution in [2.45, 2.75) is 52.1 Å². The van der Waals surface area contributed by atoms with Gasteiger partial charge in [0.1, 0.15) is 10.8 Å². The molecule has 2 rings (SSSR count). The number of ether oxygens (including phenoxy) is 1. The molecule has 1 aromatic heterocycles. The van der Waals surface area contributed by atoms with Crippen molar-refractivity contribution in [3.8, 4) is 0 Å². The molecule has 3 nitrogen and oxygen atoms in total. The van der Waals surface area contributed by atoms with Crippen LogP contribution >= 0.6 is 11.6 Å². The Labute approximate surface area is 108 Å². The van der Waals surface area contributed by atoms with Gasteiger partial charge in [-0.05, 0) is 46.5 Å². The fourth-order valence-corrected chi connectivity index (χ4v) is 2.53. The molecule has 94 valence electrons. The lowest BCUT2D eigenvalue weighted by atomic mass is 9.96. The van der Waals surface area contributed by atoms with Gasteiger partial charge in [0, 0.05) is 17.9 Å². The average Bonchev–Trinajstić information content (AvgIpc) is 2.29. The molecule has 4 heteroatoms. The summed E-state index contributed by atoms with van der Waals surface area (Å²) in [6.45, 7) is 6.58. The highest BCUT2D eigenvalue weighted by molar-refractivity contribution is 6.30. The Balaban J connectivity index is 2.40. The van der Waals surface area contributed by atoms with E-state index in [9.17, 15) is 0 Å². The lowest BCUT2D eigenvalue weighted by Crippen LogP contribution is -2.26. The fourth-order valence-electron chi connectivity index (χ4n) is 2.24. The molecule has 1 aromatic rings. The van der Waals surface area contributed by atoms with Crippen molar-refractivity contribution < 1.29 is 4.74 Å². The zero-order valence-corrected chi connectivity index (χ0v) is 11.5. The van der Waals surface area contributed by atoms with Crippen LogP contribution in [0.4, 0.5) is 0 Å². The van der Waals surface area contributed by atoms with E-state index in [2.05, 4.69) is 9.97 Å². The van der Waals surface area contributed by atoms with Gasteiger partial charge in [-0.2, -0.15) is 0 Å². The summed E-state index contributed by atoms with van der Waals surface area (Å²) in [5.74, 6) is 0.699. The van der Waals surface area contributed by atoms with E-state index in [1.165, 1.54) is 12.8 Å². The van der Waals surface area contributed by atoms with Gasteiger partial charge < -0.3 is 4.74 Å². The monoisotopic (exact) mass is 254 g/mol. The van der Waals surface area contributed by atoms with Crippen LogP contribution in [0.1, 0.15) is 50.7 Å². The molecule has 0 fully saturated rings. The van der Waals surface area contributed by atoms with Gasteiger partial charge in [0.25, 0.3) is 0 Å². The van der Waals surface area contributed by atoms with E-state index in [-0.39, 0.29) is 0 Å². The van der Waals surface area contributed by atoms with Crippen LogP contribution in [0.25, 0.3) is 0 Å². The molecule has 0 aliphatic heterocycles. The van der Waals surface area contributed by atoms with Gasteiger partial charge in [0.05, 0.1) is 0 Å². The van der Waals surface area contributed by atoms with Crippen molar-refractivity contribution in [3.05, 3.63) is 22.2 Å². The standard InChI is InChI=1S/C13H19ClN2O/c1-4-17-13(2,3)12-15-10-8-6-5-7-9(10)11(14)16-12/h4-8H2,1-3H3. The molecule has 0 spiro atoms. The van der Waals surface area contributed by atoms with Crippen LogP contribution in [-0.4, -0.2) is 16.6 Å². The molecule has 17 heavy (non-hydrogen) atoms. The van der Waals surface area contributed by atoms with Crippen molar-refractivity contribution in [2.75, 3.05) is 6.61 Å². The molecule has 0 aromatic carbocycles. The van der Waals surface area contributed by atoms with E-state index in [0.29, 0.717) is 17.6 Å². The number of aromatic nitrogens is 2. The first-order chi connectivity index (χ1) is 8.04. The Hall–Kier alpha value is -0.670. The predicted octanol–water partition coefficient (Wildman–Crippen LogP) is 3.28. The summed E-state index contributed by atoms with van der Waals surface area (Å²) in [7, 11) is 0. The highest BCUT2D eigenvalue weighted by atomic mass is 35.5. The highest BCUT2D eigenvalue weighted by Crippen LogP contribution is 2.29. The largest absolute Gasteiger partial charge is 0.368 e. The summed E-state index contributed by atoms with van der Waals surface area (Å²) in [4.78, 5) is 9.05. The molecule has 0 saturated heterocycles. The van der Waals surface area contributed by atoms with Gasteiger partial charge >= 0.3 is 0 Å². The van der Waals surface area contributed by atoms with Gasteiger partial charge in [0.15, 0.2) is 5.82 Å². The van der Waals surface area contributed by atoms with Crippen molar-refractivity contribution in [1.82, 2.24) is 9.97 Å². The Morgan fingerprint density at radius 2 is 1.94 bits per heavy atom. The van der Waals surface area contributed by atoms with Crippen molar-refractivity contribution in [3.63, 3.8) is 0 Å². The van der Waals surface area contributed by atoms with Crippen LogP contribution in [0.5, 0.6) is 0 Å². The third-order valence-electron chi connectivity index (χ3n) is 3.18. The van der Waals surface area contributed by atoms with Gasteiger partial charge in [-0.15, -0.1) is 0 Å². The van der Waals surface area contributed by atoms with Crippen LogP contribution in [0.15, 0.2) is 0 Å². The summed E-state index contributed by atoms with van der Waals surface area (Å²) in [5, 5.41) is 0.609. The van der Waals surface area contributed by atoms with Crippen LogP contribution in [0, 0.1) is 0 Å². The number of fused-ring (bicyclic) bond motifs is 1. The van der Waals surface area contributed by atoms with Crippen molar-refractivity contribution in [1.29, 1.82) is 0 Å². The Bertz CT molecular complexity index is 418. The van der Waals surface area contributed by atoms with E-state index in [0.717, 1.165) is 24.1 Å². The number of rotatable bonds is 3. The second-order valence-corrected chi connectivity index (χ2v) is 5.27. The van der Waals surface area contributed by atoms with E-state index in [4.69, 9.17) is 16.3 Å². The number of halogens is 1. The molecule has 1 aliphatic carbocycles. The maximum absolute atomic E-state index is 6.25. The Morgan fingerprint density at radius 3 is 2.65 bits per heavy atom. The van der Waals surface area contributed by atoms with Gasteiger partial charge in [-0.25, -0.2) is 9.97 Å². The summed E-state index contributed by atoms with van der Waals surface area (Å²) in [5.41, 5.74) is 1.78. The van der Waals surface area contributed by atoms with Crippen LogP contribution in [-0.2, 0) is 23.2 Å². The van der Waals surface area contributed by atoms with Gasteiger partial charge in [-0.3, -0.25) is 0 Å². The average molecular weight is 255 g/mol. The van der Waals surface area contributed by atoms with Crippen LogP contribution < -0.4 is 0 Å². The van der Waals surface area contributed by atoms with E-state index >= 15 is 0 Å². The molecule has 0 atom stereocenters. The van der Waals surface area contributed by atoms with Gasteiger partial charge in [0.2, 0.25) is 0 Å². The minimum Gasteiger partial charge on any atom is -0.368 e. The van der Waals surface area contributed by atoms with Crippen LogP contribution in [0.3, 0.4) is 0 Å². The zero-order chi connectivity index (χ0) is 12.5. The van der Waals surface area contributed by atoms with Crippen molar-refractivity contribution in [2.24, 2.45) is 0 Å². The molecule has 1 aliphatic rings. The first-order valence-corrected chi connectivity index (χ1v) is 6.62. The predicted molar refractivity (Wildman–Crippen MR) is 68.3 cm³/mol. The molecule has 0 unspecified atom stereocenters. The Kier molecular flexibility index (Phi) is 3.69. The topological polar surface area (TPSA) is 35.0 Å². The summed E-state index contributed by atoms with van der Waals surface area (Å²) >= 11 is 6.25. The van der Waals surface area contributed by atoms with Crippen LogP contribution in [0.2, 0.25) is 5.15 Å². The lowest BCUT2D eigenvalue weighted by molar-refractivity contribution is -0.0210. The second kappa shape index (κ2) is 4.91. The lowest BCUT2D eigenvalue weighted by Gasteiger charge is -2.25. The van der Waals surface area contributed by atoms with E-state index in [1.807, 2.05) is 20.8 Å². The molecule has 1 heterocycles. The third-order valence-corrected chi connectivity index (χ3v) is 3.49. The maximum atomic E-state index is 6.25. The summed E-state index contributed by atoms with van der Waals surface area (Å²) < 4.78 is 5.68. The first kappa shape index (κ1) is 12.8. The number of hydrogen-bond donors (Lipinski definition) is 0. The normalized spacial score (nSPS) is 15.8. The third kappa shape index (κ3) is 2.61. The number of nitrogens with zero attached hydrogens (tertiary/aromatic N) is 2. The van der Waals surface area contributed by atoms with E-state index < -0.39 is 5.60 Å². The summed E-state index contributed by atoms with van der Waals surface area (Å²) in [6, 6.07) is 0. The van der Waals surface area contributed by atoms with Gasteiger partial charge in [-0.1, -0.05) is 11.6 Å².